The second-order valence-corrected chi connectivity index (χ2v) is 11.6. The van der Waals surface area contributed by atoms with E-state index in [1.165, 1.54) is 83.1 Å². The van der Waals surface area contributed by atoms with Gasteiger partial charge in [0.1, 0.15) is 0 Å². The van der Waals surface area contributed by atoms with Crippen molar-refractivity contribution < 1.29 is 24.2 Å². The van der Waals surface area contributed by atoms with Crippen LogP contribution in [0, 0.1) is 5.92 Å². The minimum absolute atomic E-state index is 0.0846. The minimum atomic E-state index is -0.834. The number of hydrogen-bond acceptors (Lipinski definition) is 6. The SMILES string of the molecule is CC(CCN(C)C)C(=O)NCCCCCOC1NCCO1.CCCCCCCCCCCCCCCC=CC(=O)O. The van der Waals surface area contributed by atoms with Crippen LogP contribution < -0.4 is 10.6 Å². The maximum absolute atomic E-state index is 11.8. The van der Waals surface area contributed by atoms with Gasteiger partial charge in [-0.3, -0.25) is 10.1 Å². The van der Waals surface area contributed by atoms with Crippen LogP contribution in [0.25, 0.3) is 0 Å². The zero-order valence-electron chi connectivity index (χ0n) is 27.1. The van der Waals surface area contributed by atoms with Crippen LogP contribution in [0.5, 0.6) is 0 Å². The number of hydrogen-bond donors (Lipinski definition) is 3. The van der Waals surface area contributed by atoms with Gasteiger partial charge in [-0.05, 0) is 59.2 Å². The number of carbonyl (C=O) groups is 2. The Morgan fingerprint density at radius 1 is 0.951 bits per heavy atom. The van der Waals surface area contributed by atoms with Gasteiger partial charge in [-0.15, -0.1) is 0 Å². The number of allylic oxidation sites excluding steroid dienone is 1. The molecular formula is C33H65N3O5. The Morgan fingerprint density at radius 2 is 1.54 bits per heavy atom. The van der Waals surface area contributed by atoms with E-state index >= 15 is 0 Å². The van der Waals surface area contributed by atoms with E-state index in [-0.39, 0.29) is 18.2 Å². The van der Waals surface area contributed by atoms with Gasteiger partial charge in [-0.25, -0.2) is 4.79 Å². The minimum Gasteiger partial charge on any atom is -0.478 e. The molecule has 8 nitrogen and oxygen atoms in total. The molecule has 242 valence electrons. The molecule has 41 heavy (non-hydrogen) atoms. The average molecular weight is 584 g/mol. The lowest BCUT2D eigenvalue weighted by Crippen LogP contribution is -2.31. The summed E-state index contributed by atoms with van der Waals surface area (Å²) in [5, 5.41) is 14.5. The van der Waals surface area contributed by atoms with Crippen molar-refractivity contribution in [1.82, 2.24) is 15.5 Å². The van der Waals surface area contributed by atoms with Crippen LogP contribution >= 0.6 is 0 Å². The van der Waals surface area contributed by atoms with Gasteiger partial charge in [0.2, 0.25) is 12.3 Å². The molecule has 2 atom stereocenters. The zero-order valence-corrected chi connectivity index (χ0v) is 27.1. The molecule has 8 heteroatoms. The van der Waals surface area contributed by atoms with E-state index in [1.807, 2.05) is 21.0 Å². The topological polar surface area (TPSA) is 100 Å². The molecule has 3 N–H and O–H groups in total. The van der Waals surface area contributed by atoms with Crippen LogP contribution in [-0.4, -0.2) is 75.2 Å². The number of carboxylic acids is 1. The van der Waals surface area contributed by atoms with E-state index in [0.717, 1.165) is 64.8 Å². The van der Waals surface area contributed by atoms with E-state index in [9.17, 15) is 9.59 Å². The lowest BCUT2D eigenvalue weighted by atomic mass is 10.0. The Labute approximate surface area is 252 Å². The standard InChI is InChI=1S/C18H34O2.C15H31N3O3/c1-2-3-4-5-6-7-8-9-10-11-12-13-14-15-16-17-18(19)20;1-13(7-10-18(2)3)14(19)16-8-5-4-6-11-20-15-17-9-12-21-15/h16-17H,2-15H2,1H3,(H,19,20);13,15,17H,4-12H2,1-3H3,(H,16,19). The molecular weight excluding hydrogens is 518 g/mol. The summed E-state index contributed by atoms with van der Waals surface area (Å²) in [7, 11) is 4.05. The highest BCUT2D eigenvalue weighted by molar-refractivity contribution is 5.79. The first kappa shape index (κ1) is 39.5. The molecule has 0 aromatic heterocycles. The number of carboxylic acid groups (broad SMARTS) is 1. The molecule has 0 bridgehead atoms. The number of nitrogens with zero attached hydrogens (tertiary/aromatic N) is 1. The number of carbonyl (C=O) groups excluding carboxylic acids is 1. The van der Waals surface area contributed by atoms with Gasteiger partial charge in [-0.1, -0.05) is 97.0 Å². The van der Waals surface area contributed by atoms with E-state index in [0.29, 0.717) is 6.61 Å². The third kappa shape index (κ3) is 29.8. The quantitative estimate of drug-likeness (QED) is 0.0753. The smallest absolute Gasteiger partial charge is 0.327 e. The summed E-state index contributed by atoms with van der Waals surface area (Å²) < 4.78 is 10.8. The molecule has 2 unspecified atom stereocenters. The van der Waals surface area contributed by atoms with Crippen LogP contribution in [0.4, 0.5) is 0 Å². The summed E-state index contributed by atoms with van der Waals surface area (Å²) in [6, 6.07) is 0. The normalized spacial score (nSPS) is 15.7. The van der Waals surface area contributed by atoms with Gasteiger partial charge in [0, 0.05) is 25.1 Å². The Morgan fingerprint density at radius 3 is 2.07 bits per heavy atom. The van der Waals surface area contributed by atoms with E-state index in [1.54, 1.807) is 6.08 Å². The Balaban J connectivity index is 0.000000782. The molecule has 1 rings (SSSR count). The highest BCUT2D eigenvalue weighted by Crippen LogP contribution is 2.13. The average Bonchev–Trinajstić information content (AvgIpc) is 3.47. The van der Waals surface area contributed by atoms with Crippen LogP contribution in [-0.2, 0) is 19.1 Å². The van der Waals surface area contributed by atoms with Crippen molar-refractivity contribution in [3.8, 4) is 0 Å². The second kappa shape index (κ2) is 30.0. The summed E-state index contributed by atoms with van der Waals surface area (Å²) in [6.45, 7) is 8.24. The first-order valence-electron chi connectivity index (χ1n) is 16.6. The fourth-order valence-electron chi connectivity index (χ4n) is 4.54. The van der Waals surface area contributed by atoms with Crippen molar-refractivity contribution in [1.29, 1.82) is 0 Å². The van der Waals surface area contributed by atoms with E-state index in [4.69, 9.17) is 14.6 Å². The van der Waals surface area contributed by atoms with E-state index in [2.05, 4.69) is 22.5 Å². The van der Waals surface area contributed by atoms with Crippen molar-refractivity contribution in [2.75, 3.05) is 46.9 Å². The molecule has 1 aliphatic heterocycles. The fraction of sp³-hybridized carbons (Fsp3) is 0.879. The number of amides is 1. The Hall–Kier alpha value is -1.48. The number of aliphatic carboxylic acids is 1. The van der Waals surface area contributed by atoms with Gasteiger partial charge in [0.15, 0.2) is 0 Å². The monoisotopic (exact) mass is 583 g/mol. The molecule has 0 spiro atoms. The molecule has 0 saturated carbocycles. The molecule has 1 saturated heterocycles. The Kier molecular flexibility index (Phi) is 28.9. The summed E-state index contributed by atoms with van der Waals surface area (Å²) >= 11 is 0. The zero-order chi connectivity index (χ0) is 30.4. The van der Waals surface area contributed by atoms with Gasteiger partial charge in [0.05, 0.1) is 13.2 Å². The first-order valence-corrected chi connectivity index (χ1v) is 16.6. The summed E-state index contributed by atoms with van der Waals surface area (Å²) in [4.78, 5) is 24.2. The van der Waals surface area contributed by atoms with Crippen molar-refractivity contribution in [3.63, 3.8) is 0 Å². The lowest BCUT2D eigenvalue weighted by molar-refractivity contribution is -0.131. The van der Waals surface area contributed by atoms with Crippen LogP contribution in [0.2, 0.25) is 0 Å². The van der Waals surface area contributed by atoms with Crippen molar-refractivity contribution in [3.05, 3.63) is 12.2 Å². The fourth-order valence-corrected chi connectivity index (χ4v) is 4.54. The third-order valence-electron chi connectivity index (χ3n) is 7.26. The lowest BCUT2D eigenvalue weighted by Gasteiger charge is -2.15. The van der Waals surface area contributed by atoms with Crippen molar-refractivity contribution >= 4 is 11.9 Å². The largest absolute Gasteiger partial charge is 0.478 e. The molecule has 1 heterocycles. The number of rotatable bonds is 26. The van der Waals surface area contributed by atoms with Gasteiger partial charge in [-0.2, -0.15) is 0 Å². The molecule has 0 aromatic rings. The van der Waals surface area contributed by atoms with Crippen molar-refractivity contribution in [2.45, 2.75) is 136 Å². The predicted molar refractivity (Wildman–Crippen MR) is 170 cm³/mol. The molecule has 1 amide bonds. The maximum atomic E-state index is 11.8. The molecule has 1 aliphatic rings. The maximum Gasteiger partial charge on any atom is 0.327 e. The predicted octanol–water partition coefficient (Wildman–Crippen LogP) is 6.89. The summed E-state index contributed by atoms with van der Waals surface area (Å²) in [5.74, 6) is -0.585. The van der Waals surface area contributed by atoms with Gasteiger partial charge >= 0.3 is 5.97 Å². The summed E-state index contributed by atoms with van der Waals surface area (Å²) in [6.07, 6.45) is 25.3. The van der Waals surface area contributed by atoms with Gasteiger partial charge in [0.25, 0.3) is 0 Å². The van der Waals surface area contributed by atoms with Gasteiger partial charge < -0.3 is 24.8 Å². The van der Waals surface area contributed by atoms with E-state index < -0.39 is 5.97 Å². The second-order valence-electron chi connectivity index (χ2n) is 11.6. The molecule has 1 fully saturated rings. The van der Waals surface area contributed by atoms with Crippen LogP contribution in [0.3, 0.4) is 0 Å². The Bertz CT molecular complexity index is 624. The number of nitrogens with one attached hydrogen (secondary N) is 2. The molecule has 0 aliphatic carbocycles. The highest BCUT2D eigenvalue weighted by Gasteiger charge is 2.14. The highest BCUT2D eigenvalue weighted by atomic mass is 16.7. The third-order valence-corrected chi connectivity index (χ3v) is 7.26. The molecule has 0 radical (unpaired) electrons. The first-order chi connectivity index (χ1) is 19.9. The summed E-state index contributed by atoms with van der Waals surface area (Å²) in [5.41, 5.74) is 0. The number of ether oxygens (including phenoxy) is 2. The van der Waals surface area contributed by atoms with Crippen LogP contribution in [0.15, 0.2) is 12.2 Å². The number of unbranched alkanes of at least 4 members (excludes halogenated alkanes) is 15. The van der Waals surface area contributed by atoms with Crippen molar-refractivity contribution in [2.24, 2.45) is 5.92 Å². The van der Waals surface area contributed by atoms with Crippen LogP contribution in [0.1, 0.15) is 129 Å². The molecule has 0 aromatic carbocycles.